The minimum absolute atomic E-state index is 0.0189. The molecule has 0 unspecified atom stereocenters. The van der Waals surface area contributed by atoms with Gasteiger partial charge in [0.15, 0.2) is 0 Å². The van der Waals surface area contributed by atoms with E-state index in [-0.39, 0.29) is 23.6 Å². The van der Waals surface area contributed by atoms with Crippen LogP contribution in [0.4, 0.5) is 11.4 Å². The molecular weight excluding hydrogens is 428 g/mol. The molecule has 180 valence electrons. The molecule has 2 fully saturated rings. The molecule has 0 atom stereocenters. The summed E-state index contributed by atoms with van der Waals surface area (Å²) >= 11 is 0. The summed E-state index contributed by atoms with van der Waals surface area (Å²) in [7, 11) is 0. The number of nitrogen functional groups attached to an aromatic ring is 1. The maximum Gasteiger partial charge on any atom is 0.270 e. The largest absolute Gasteiger partial charge is 0.398 e. The second kappa shape index (κ2) is 10.3. The van der Waals surface area contributed by atoms with Gasteiger partial charge in [-0.15, -0.1) is 0 Å². The Hall–Kier alpha value is -3.26. The molecule has 4 rings (SSSR count). The van der Waals surface area contributed by atoms with Crippen LogP contribution in [0.3, 0.4) is 0 Å². The number of nitrogens with two attached hydrogens (primary N) is 1. The molecule has 2 amide bonds. The van der Waals surface area contributed by atoms with Crippen LogP contribution in [-0.2, 0) is 9.59 Å². The highest BCUT2D eigenvalue weighted by Gasteiger charge is 2.29. The number of hydrogen-bond acceptors (Lipinski definition) is 6. The Morgan fingerprint density at radius 3 is 2.53 bits per heavy atom. The third-order valence-electron chi connectivity index (χ3n) is 6.38. The van der Waals surface area contributed by atoms with Gasteiger partial charge in [0.2, 0.25) is 5.91 Å². The van der Waals surface area contributed by atoms with Crippen LogP contribution in [-0.4, -0.2) is 53.1 Å². The third kappa shape index (κ3) is 5.99. The molecular formula is C26H34N6O2. The monoisotopic (exact) mass is 462 g/mol. The van der Waals surface area contributed by atoms with Gasteiger partial charge < -0.3 is 21.3 Å². The molecule has 0 spiro atoms. The molecule has 2 aliphatic rings. The number of piperidine rings is 1. The van der Waals surface area contributed by atoms with E-state index in [0.717, 1.165) is 56.4 Å². The predicted molar refractivity (Wildman–Crippen MR) is 135 cm³/mol. The lowest BCUT2D eigenvalue weighted by atomic mass is 9.99. The normalized spacial score (nSPS) is 16.9. The van der Waals surface area contributed by atoms with Gasteiger partial charge in [0.05, 0.1) is 11.9 Å². The molecule has 8 nitrogen and oxygen atoms in total. The molecule has 0 radical (unpaired) electrons. The van der Waals surface area contributed by atoms with Crippen molar-refractivity contribution in [1.29, 1.82) is 5.41 Å². The van der Waals surface area contributed by atoms with Crippen LogP contribution in [0, 0.1) is 17.2 Å². The Labute approximate surface area is 200 Å². The quantitative estimate of drug-likeness (QED) is 0.354. The van der Waals surface area contributed by atoms with E-state index in [4.69, 9.17) is 11.1 Å². The molecule has 2 heterocycles. The van der Waals surface area contributed by atoms with Crippen molar-refractivity contribution in [2.75, 3.05) is 30.7 Å². The van der Waals surface area contributed by atoms with E-state index in [1.807, 2.05) is 12.1 Å². The zero-order valence-corrected chi connectivity index (χ0v) is 19.9. The topological polar surface area (TPSA) is 124 Å². The summed E-state index contributed by atoms with van der Waals surface area (Å²) in [5.74, 6) is 0.341. The summed E-state index contributed by atoms with van der Waals surface area (Å²) in [4.78, 5) is 31.6. The fourth-order valence-electron chi connectivity index (χ4n) is 4.36. The van der Waals surface area contributed by atoms with Gasteiger partial charge in [0.1, 0.15) is 5.71 Å². The molecule has 1 aromatic carbocycles. The van der Waals surface area contributed by atoms with Crippen LogP contribution in [0.25, 0.3) is 11.1 Å². The summed E-state index contributed by atoms with van der Waals surface area (Å²) in [6.07, 6.45) is 6.93. The minimum Gasteiger partial charge on any atom is -0.398 e. The van der Waals surface area contributed by atoms with E-state index in [1.54, 1.807) is 24.5 Å². The average Bonchev–Trinajstić information content (AvgIpc) is 3.66. The standard InChI is InChI=1S/C26H34N6O2/c1-16(2)15-32-9-7-20(8-10-32)30-26(34)24(28)22-12-18(5-6-23(22)27)19-11-21(14-29-13-19)31-25(33)17-3-4-17/h5-6,11-14,16-17,20,28H,3-4,7-10,15,27H2,1-2H3,(H,30,34)(H,31,33). The molecule has 34 heavy (non-hydrogen) atoms. The molecule has 0 bridgehead atoms. The van der Waals surface area contributed by atoms with Crippen LogP contribution in [0.5, 0.6) is 0 Å². The SMILES string of the molecule is CC(C)CN1CCC(NC(=O)C(=N)c2cc(-c3cncc(NC(=O)C4CC4)c3)ccc2N)CC1. The minimum atomic E-state index is -0.408. The highest BCUT2D eigenvalue weighted by molar-refractivity contribution is 6.45. The van der Waals surface area contributed by atoms with Gasteiger partial charge in [-0.05, 0) is 55.4 Å². The maximum atomic E-state index is 12.9. The Balaban J connectivity index is 1.42. The summed E-state index contributed by atoms with van der Waals surface area (Å²) < 4.78 is 0. The van der Waals surface area contributed by atoms with Gasteiger partial charge in [0, 0.05) is 54.6 Å². The Morgan fingerprint density at radius 2 is 1.85 bits per heavy atom. The number of pyridine rings is 1. The third-order valence-corrected chi connectivity index (χ3v) is 6.38. The second-order valence-electron chi connectivity index (χ2n) is 9.85. The van der Waals surface area contributed by atoms with Crippen LogP contribution in [0.2, 0.25) is 0 Å². The molecule has 8 heteroatoms. The van der Waals surface area contributed by atoms with Gasteiger partial charge in [0.25, 0.3) is 5.91 Å². The zero-order chi connectivity index (χ0) is 24.2. The zero-order valence-electron chi connectivity index (χ0n) is 19.9. The van der Waals surface area contributed by atoms with Crippen LogP contribution in [0.15, 0.2) is 36.7 Å². The number of amides is 2. The van der Waals surface area contributed by atoms with Crippen molar-refractivity contribution < 1.29 is 9.59 Å². The van der Waals surface area contributed by atoms with Crippen molar-refractivity contribution in [2.24, 2.45) is 11.8 Å². The van der Waals surface area contributed by atoms with Crippen molar-refractivity contribution in [1.82, 2.24) is 15.2 Å². The van der Waals surface area contributed by atoms with Crippen molar-refractivity contribution >= 4 is 28.9 Å². The van der Waals surface area contributed by atoms with Gasteiger partial charge in [-0.25, -0.2) is 0 Å². The average molecular weight is 463 g/mol. The first-order valence-corrected chi connectivity index (χ1v) is 12.1. The van der Waals surface area contributed by atoms with Crippen molar-refractivity contribution in [3.63, 3.8) is 0 Å². The summed E-state index contributed by atoms with van der Waals surface area (Å²) in [6.45, 7) is 7.40. The number of carbonyl (C=O) groups excluding carboxylic acids is 2. The number of carbonyl (C=O) groups is 2. The van der Waals surface area contributed by atoms with E-state index in [9.17, 15) is 9.59 Å². The first-order chi connectivity index (χ1) is 16.3. The highest BCUT2D eigenvalue weighted by Crippen LogP contribution is 2.31. The van der Waals surface area contributed by atoms with E-state index in [0.29, 0.717) is 22.9 Å². The lowest BCUT2D eigenvalue weighted by molar-refractivity contribution is -0.117. The summed E-state index contributed by atoms with van der Waals surface area (Å²) in [6, 6.07) is 7.18. The number of likely N-dealkylation sites (tertiary alicyclic amines) is 1. The molecule has 1 aliphatic heterocycles. The van der Waals surface area contributed by atoms with Crippen LogP contribution >= 0.6 is 0 Å². The van der Waals surface area contributed by atoms with Gasteiger partial charge >= 0.3 is 0 Å². The van der Waals surface area contributed by atoms with Crippen molar-refractivity contribution in [3.8, 4) is 11.1 Å². The first kappa shape index (κ1) is 23.9. The predicted octanol–water partition coefficient (Wildman–Crippen LogP) is 3.28. The molecule has 1 saturated heterocycles. The number of rotatable bonds is 8. The van der Waals surface area contributed by atoms with Gasteiger partial charge in [-0.2, -0.15) is 0 Å². The number of benzene rings is 1. The number of anilines is 2. The number of nitrogens with zero attached hydrogens (tertiary/aromatic N) is 2. The number of nitrogens with one attached hydrogen (secondary N) is 3. The summed E-state index contributed by atoms with van der Waals surface area (Å²) in [5, 5.41) is 14.4. The van der Waals surface area contributed by atoms with Crippen LogP contribution < -0.4 is 16.4 Å². The Bertz CT molecular complexity index is 1070. The first-order valence-electron chi connectivity index (χ1n) is 12.1. The second-order valence-corrected chi connectivity index (χ2v) is 9.85. The molecule has 1 aliphatic carbocycles. The van der Waals surface area contributed by atoms with Gasteiger partial charge in [-0.3, -0.25) is 20.0 Å². The highest BCUT2D eigenvalue weighted by atomic mass is 16.2. The number of aromatic nitrogens is 1. The van der Waals surface area contributed by atoms with Crippen LogP contribution in [0.1, 0.15) is 45.1 Å². The van der Waals surface area contributed by atoms with Gasteiger partial charge in [-0.1, -0.05) is 19.9 Å². The molecule has 1 saturated carbocycles. The van der Waals surface area contributed by atoms with E-state index in [2.05, 4.69) is 34.4 Å². The lowest BCUT2D eigenvalue weighted by Gasteiger charge is -2.33. The molecule has 1 aromatic heterocycles. The molecule has 5 N–H and O–H groups in total. The fourth-order valence-corrected chi connectivity index (χ4v) is 4.36. The Morgan fingerprint density at radius 1 is 1.12 bits per heavy atom. The lowest BCUT2D eigenvalue weighted by Crippen LogP contribution is -2.47. The van der Waals surface area contributed by atoms with Crippen molar-refractivity contribution in [3.05, 3.63) is 42.2 Å². The van der Waals surface area contributed by atoms with Crippen molar-refractivity contribution in [2.45, 2.75) is 45.6 Å². The molecule has 2 aromatic rings. The van der Waals surface area contributed by atoms with E-state index in [1.165, 1.54) is 0 Å². The van der Waals surface area contributed by atoms with E-state index >= 15 is 0 Å². The smallest absolute Gasteiger partial charge is 0.270 e. The van der Waals surface area contributed by atoms with E-state index < -0.39 is 5.91 Å². The maximum absolute atomic E-state index is 12.9. The number of hydrogen-bond donors (Lipinski definition) is 4. The Kier molecular flexibility index (Phi) is 7.26. The fraction of sp³-hybridized carbons (Fsp3) is 0.462. The summed E-state index contributed by atoms with van der Waals surface area (Å²) in [5.41, 5.74) is 8.95.